The van der Waals surface area contributed by atoms with Crippen molar-refractivity contribution >= 4 is 17.6 Å². The second-order valence-electron chi connectivity index (χ2n) is 5.17. The first kappa shape index (κ1) is 12.0. The van der Waals surface area contributed by atoms with E-state index in [1.54, 1.807) is 31.4 Å². The molecule has 0 aromatic heterocycles. The van der Waals surface area contributed by atoms with Crippen LogP contribution in [0.5, 0.6) is 5.75 Å². The first-order chi connectivity index (χ1) is 9.13. The molecule has 0 bridgehead atoms. The fraction of sp³-hybridized carbons (Fsp3) is 0.429. The van der Waals surface area contributed by atoms with Crippen LogP contribution >= 0.6 is 0 Å². The summed E-state index contributed by atoms with van der Waals surface area (Å²) in [5, 5.41) is 2.97. The molecule has 1 aliphatic carbocycles. The van der Waals surface area contributed by atoms with E-state index in [0.29, 0.717) is 17.9 Å². The van der Waals surface area contributed by atoms with Crippen LogP contribution in [0.1, 0.15) is 25.7 Å². The van der Waals surface area contributed by atoms with Gasteiger partial charge in [-0.05, 0) is 43.5 Å². The van der Waals surface area contributed by atoms with Crippen LogP contribution in [0.25, 0.3) is 0 Å². The molecule has 0 radical (unpaired) electrons. The average Bonchev–Trinajstić information content (AvgIpc) is 2.37. The molecule has 2 fully saturated rings. The van der Waals surface area contributed by atoms with E-state index < -0.39 is 0 Å². The molecular formula is C14H16N2O3. The molecule has 1 spiro atoms. The lowest BCUT2D eigenvalue weighted by atomic mass is 9.73. The van der Waals surface area contributed by atoms with Crippen molar-refractivity contribution in [1.29, 1.82) is 0 Å². The third-order valence-corrected chi connectivity index (χ3v) is 3.96. The smallest absolute Gasteiger partial charge is 0.329 e. The third kappa shape index (κ3) is 1.95. The zero-order valence-corrected chi connectivity index (χ0v) is 10.8. The Hall–Kier alpha value is -2.04. The van der Waals surface area contributed by atoms with E-state index in [1.807, 2.05) is 0 Å². The average molecular weight is 260 g/mol. The van der Waals surface area contributed by atoms with Gasteiger partial charge in [0.25, 0.3) is 0 Å². The van der Waals surface area contributed by atoms with E-state index in [1.165, 1.54) is 4.90 Å². The molecule has 1 N–H and O–H groups in total. The van der Waals surface area contributed by atoms with Gasteiger partial charge in [-0.15, -0.1) is 0 Å². The van der Waals surface area contributed by atoms with Crippen LogP contribution in [-0.4, -0.2) is 24.6 Å². The molecule has 3 rings (SSSR count). The number of nitrogens with zero attached hydrogens (tertiary/aromatic N) is 1. The van der Waals surface area contributed by atoms with E-state index in [9.17, 15) is 9.59 Å². The zero-order chi connectivity index (χ0) is 13.5. The lowest BCUT2D eigenvalue weighted by Gasteiger charge is -2.47. The Bertz CT molecular complexity index is 500. The number of anilines is 1. The molecule has 0 unspecified atom stereocenters. The van der Waals surface area contributed by atoms with Crippen molar-refractivity contribution in [3.05, 3.63) is 24.3 Å². The Kier molecular flexibility index (Phi) is 2.69. The van der Waals surface area contributed by atoms with Gasteiger partial charge in [0.15, 0.2) is 0 Å². The molecule has 5 heteroatoms. The topological polar surface area (TPSA) is 58.6 Å². The summed E-state index contributed by atoms with van der Waals surface area (Å²) in [5.41, 5.74) is 0.314. The highest BCUT2D eigenvalue weighted by Crippen LogP contribution is 2.38. The van der Waals surface area contributed by atoms with E-state index in [4.69, 9.17) is 4.74 Å². The third-order valence-electron chi connectivity index (χ3n) is 3.96. The summed E-state index contributed by atoms with van der Waals surface area (Å²) in [5.74, 6) is 0.567. The summed E-state index contributed by atoms with van der Waals surface area (Å²) in [4.78, 5) is 25.5. The zero-order valence-electron chi connectivity index (χ0n) is 10.8. The lowest BCUT2D eigenvalue weighted by Crippen LogP contribution is -2.65. The van der Waals surface area contributed by atoms with Crippen LogP contribution in [-0.2, 0) is 4.79 Å². The maximum absolute atomic E-state index is 12.2. The standard InChI is InChI=1S/C14H16N2O3/c1-19-11-5-3-10(4-6-11)16-12(17)9-14(7-2-8-14)15-13(16)18/h3-6H,2,7-9H2,1H3,(H,15,18). The largest absolute Gasteiger partial charge is 0.497 e. The number of hydrogen-bond acceptors (Lipinski definition) is 3. The summed E-state index contributed by atoms with van der Waals surface area (Å²) in [7, 11) is 1.58. The fourth-order valence-corrected chi connectivity index (χ4v) is 2.71. The molecule has 1 aromatic carbocycles. The number of nitrogens with one attached hydrogen (secondary N) is 1. The summed E-state index contributed by atoms with van der Waals surface area (Å²) >= 11 is 0. The molecule has 100 valence electrons. The summed E-state index contributed by atoms with van der Waals surface area (Å²) in [6.45, 7) is 0. The van der Waals surface area contributed by atoms with Crippen molar-refractivity contribution in [2.45, 2.75) is 31.2 Å². The van der Waals surface area contributed by atoms with E-state index >= 15 is 0 Å². The first-order valence-corrected chi connectivity index (χ1v) is 6.43. The number of benzene rings is 1. The number of amides is 3. The maximum Gasteiger partial charge on any atom is 0.329 e. The quantitative estimate of drug-likeness (QED) is 0.885. The van der Waals surface area contributed by atoms with Gasteiger partial charge in [0.2, 0.25) is 5.91 Å². The van der Waals surface area contributed by atoms with E-state index in [0.717, 1.165) is 19.3 Å². The Morgan fingerprint density at radius 1 is 1.21 bits per heavy atom. The van der Waals surface area contributed by atoms with Crippen molar-refractivity contribution in [1.82, 2.24) is 5.32 Å². The van der Waals surface area contributed by atoms with Gasteiger partial charge >= 0.3 is 6.03 Å². The molecule has 19 heavy (non-hydrogen) atoms. The van der Waals surface area contributed by atoms with Crippen LogP contribution in [0.3, 0.4) is 0 Å². The summed E-state index contributed by atoms with van der Waals surface area (Å²) in [6, 6.07) is 6.60. The van der Waals surface area contributed by atoms with Crippen molar-refractivity contribution in [3.8, 4) is 5.75 Å². The molecule has 5 nitrogen and oxygen atoms in total. The van der Waals surface area contributed by atoms with Gasteiger partial charge < -0.3 is 10.1 Å². The van der Waals surface area contributed by atoms with Gasteiger partial charge in [-0.3, -0.25) is 4.79 Å². The molecule has 1 heterocycles. The molecule has 1 saturated heterocycles. The Balaban J connectivity index is 1.83. The van der Waals surface area contributed by atoms with Crippen LogP contribution in [0.2, 0.25) is 0 Å². The van der Waals surface area contributed by atoms with Gasteiger partial charge in [-0.2, -0.15) is 0 Å². The van der Waals surface area contributed by atoms with Crippen LogP contribution in [0.4, 0.5) is 10.5 Å². The molecular weight excluding hydrogens is 244 g/mol. The van der Waals surface area contributed by atoms with Gasteiger partial charge in [-0.1, -0.05) is 0 Å². The minimum Gasteiger partial charge on any atom is -0.497 e. The van der Waals surface area contributed by atoms with Gasteiger partial charge in [0.1, 0.15) is 5.75 Å². The van der Waals surface area contributed by atoms with Crippen molar-refractivity contribution in [2.75, 3.05) is 12.0 Å². The van der Waals surface area contributed by atoms with Crippen molar-refractivity contribution < 1.29 is 14.3 Å². The number of methoxy groups -OCH3 is 1. The highest BCUT2D eigenvalue weighted by molar-refractivity contribution is 6.16. The molecule has 0 atom stereocenters. The SMILES string of the molecule is COc1ccc(N2C(=O)CC3(CCC3)NC2=O)cc1. The number of carbonyl (C=O) groups excluding carboxylic acids is 2. The maximum atomic E-state index is 12.2. The molecule has 1 aliphatic heterocycles. The van der Waals surface area contributed by atoms with Crippen molar-refractivity contribution in [2.24, 2.45) is 0 Å². The molecule has 1 aromatic rings. The Labute approximate surface area is 111 Å². The number of rotatable bonds is 2. The van der Waals surface area contributed by atoms with Gasteiger partial charge in [0, 0.05) is 0 Å². The highest BCUT2D eigenvalue weighted by atomic mass is 16.5. The molecule has 3 amide bonds. The van der Waals surface area contributed by atoms with E-state index in [-0.39, 0.29) is 17.5 Å². The first-order valence-electron chi connectivity index (χ1n) is 6.43. The number of hydrogen-bond donors (Lipinski definition) is 1. The fourth-order valence-electron chi connectivity index (χ4n) is 2.71. The van der Waals surface area contributed by atoms with Crippen LogP contribution < -0.4 is 15.0 Å². The number of urea groups is 1. The molecule has 1 saturated carbocycles. The summed E-state index contributed by atoms with van der Waals surface area (Å²) < 4.78 is 5.07. The van der Waals surface area contributed by atoms with Crippen molar-refractivity contribution in [3.63, 3.8) is 0 Å². The highest BCUT2D eigenvalue weighted by Gasteiger charge is 2.47. The Morgan fingerprint density at radius 3 is 2.37 bits per heavy atom. The number of ether oxygens (including phenoxy) is 1. The number of carbonyl (C=O) groups is 2. The predicted molar refractivity (Wildman–Crippen MR) is 70.2 cm³/mol. The van der Waals surface area contributed by atoms with Gasteiger partial charge in [-0.25, -0.2) is 9.69 Å². The monoisotopic (exact) mass is 260 g/mol. The second-order valence-corrected chi connectivity index (χ2v) is 5.17. The summed E-state index contributed by atoms with van der Waals surface area (Å²) in [6.07, 6.45) is 3.28. The predicted octanol–water partition coefficient (Wildman–Crippen LogP) is 2.06. The van der Waals surface area contributed by atoms with Gasteiger partial charge in [0.05, 0.1) is 24.8 Å². The molecule has 2 aliphatic rings. The second kappa shape index (κ2) is 4.26. The minimum absolute atomic E-state index is 0.131. The van der Waals surface area contributed by atoms with E-state index in [2.05, 4.69) is 5.32 Å². The Morgan fingerprint density at radius 2 is 1.89 bits per heavy atom. The minimum atomic E-state index is -0.318. The van der Waals surface area contributed by atoms with Crippen LogP contribution in [0, 0.1) is 0 Å². The van der Waals surface area contributed by atoms with Crippen LogP contribution in [0.15, 0.2) is 24.3 Å². The normalized spacial score (nSPS) is 21.0. The number of imide groups is 1. The lowest BCUT2D eigenvalue weighted by molar-refractivity contribution is -0.121.